The molecular weight excluding hydrogens is 815 g/mol. The highest BCUT2D eigenvalue weighted by atomic mass is 19.1. The molecule has 4 aromatic rings. The molecule has 0 saturated carbocycles. The molecule has 10 nitrogen and oxygen atoms in total. The molecule has 3 N–H and O–H groups in total. The van der Waals surface area contributed by atoms with Crippen molar-refractivity contribution in [3.8, 4) is 11.8 Å². The van der Waals surface area contributed by atoms with Gasteiger partial charge in [0.25, 0.3) is 11.8 Å². The molecule has 0 aliphatic rings. The van der Waals surface area contributed by atoms with Crippen molar-refractivity contribution in [3.63, 3.8) is 0 Å². The lowest BCUT2D eigenvalue weighted by atomic mass is 10.0. The molecule has 0 aliphatic heterocycles. The van der Waals surface area contributed by atoms with E-state index >= 15 is 0 Å². The van der Waals surface area contributed by atoms with E-state index in [0.29, 0.717) is 60.5 Å². The zero-order chi connectivity index (χ0) is 46.6. The summed E-state index contributed by atoms with van der Waals surface area (Å²) < 4.78 is 39.7. The maximum absolute atomic E-state index is 14.1. The highest BCUT2D eigenvalue weighted by Gasteiger charge is 2.26. The molecule has 0 bridgehead atoms. The first-order valence-corrected chi connectivity index (χ1v) is 22.4. The van der Waals surface area contributed by atoms with Gasteiger partial charge in [0, 0.05) is 68.1 Å². The monoisotopic (exact) mass is 878 g/mol. The third-order valence-electron chi connectivity index (χ3n) is 10.5. The minimum absolute atomic E-state index is 0.0189. The molecule has 0 radical (unpaired) electrons. The highest BCUT2D eigenvalue weighted by molar-refractivity contribution is 5.99. The van der Waals surface area contributed by atoms with Crippen molar-refractivity contribution in [3.05, 3.63) is 141 Å². The molecule has 4 aromatic carbocycles. The molecule has 2 atom stereocenters. The van der Waals surface area contributed by atoms with Gasteiger partial charge in [0.2, 0.25) is 0 Å². The quantitative estimate of drug-likeness (QED) is 0.0558. The van der Waals surface area contributed by atoms with Crippen LogP contribution in [-0.4, -0.2) is 85.0 Å². The van der Waals surface area contributed by atoms with Crippen LogP contribution in [0.5, 0.6) is 0 Å². The normalized spacial score (nSPS) is 11.8. The first-order valence-electron chi connectivity index (χ1n) is 22.4. The minimum Gasteiger partial charge on any atom is -0.456 e. The fourth-order valence-electron chi connectivity index (χ4n) is 7.34. The van der Waals surface area contributed by atoms with Crippen LogP contribution >= 0.6 is 0 Å². The van der Waals surface area contributed by atoms with Gasteiger partial charge in [-0.3, -0.25) is 9.59 Å². The number of amides is 2. The van der Waals surface area contributed by atoms with Crippen molar-refractivity contribution in [2.75, 3.05) is 39.3 Å². The van der Waals surface area contributed by atoms with Gasteiger partial charge in [-0.2, -0.15) is 0 Å². The predicted octanol–water partition coefficient (Wildman–Crippen LogP) is 8.98. The summed E-state index contributed by atoms with van der Waals surface area (Å²) in [6.07, 6.45) is 4.37. The van der Waals surface area contributed by atoms with E-state index < -0.39 is 35.7 Å². The summed E-state index contributed by atoms with van der Waals surface area (Å²) in [4.78, 5) is 57.3. The Hall–Kier alpha value is -5.90. The molecule has 0 heterocycles. The largest absolute Gasteiger partial charge is 0.456 e. The summed E-state index contributed by atoms with van der Waals surface area (Å²) in [5.74, 6) is 2.90. The van der Waals surface area contributed by atoms with Gasteiger partial charge in [-0.15, -0.1) is 0 Å². The number of hydrogen-bond acceptors (Lipinski definition) is 8. The van der Waals surface area contributed by atoms with Crippen molar-refractivity contribution < 1.29 is 37.4 Å². The number of nitrogens with one attached hydrogen (secondary N) is 1. The van der Waals surface area contributed by atoms with Crippen LogP contribution in [0.3, 0.4) is 0 Å². The Bertz CT molecular complexity index is 2240. The molecule has 0 fully saturated rings. The lowest BCUT2D eigenvalue weighted by Crippen LogP contribution is -2.46. The molecule has 0 saturated heterocycles. The zero-order valence-electron chi connectivity index (χ0n) is 38.2. The number of aryl methyl sites for hydroxylation is 2. The van der Waals surface area contributed by atoms with E-state index in [0.717, 1.165) is 55.7 Å². The van der Waals surface area contributed by atoms with E-state index in [1.54, 1.807) is 41.3 Å². The van der Waals surface area contributed by atoms with Crippen molar-refractivity contribution in [2.24, 2.45) is 5.73 Å². The molecule has 2 amide bonds. The van der Waals surface area contributed by atoms with Crippen LogP contribution in [0.1, 0.15) is 135 Å². The summed E-state index contributed by atoms with van der Waals surface area (Å²) >= 11 is 0. The Labute approximate surface area is 377 Å². The number of rotatable bonds is 23. The Morgan fingerprint density at radius 3 is 1.78 bits per heavy atom. The van der Waals surface area contributed by atoms with Gasteiger partial charge in [0.05, 0.1) is 11.1 Å². The first-order chi connectivity index (χ1) is 30.7. The van der Waals surface area contributed by atoms with Crippen LogP contribution in [0.2, 0.25) is 0 Å². The number of hydrogen-bond donors (Lipinski definition) is 2. The van der Waals surface area contributed by atoms with Crippen molar-refractivity contribution in [1.29, 1.82) is 0 Å². The third-order valence-corrected chi connectivity index (χ3v) is 10.5. The lowest BCUT2D eigenvalue weighted by molar-refractivity contribution is 0.0237. The second-order valence-corrected chi connectivity index (χ2v) is 16.3. The third kappa shape index (κ3) is 16.0. The molecule has 4 rings (SSSR count). The maximum Gasteiger partial charge on any atom is 0.339 e. The van der Waals surface area contributed by atoms with Crippen LogP contribution in [0, 0.1) is 37.3 Å². The number of carbonyl (C=O) groups is 4. The molecule has 0 unspecified atom stereocenters. The maximum atomic E-state index is 14.1. The molecular formula is C52H64F2N4O6. The standard InChI is InChI=1S/C52H64F2N4O6/c1-7-11-20-58(21-12-8-2)50(60)42-24-37(6)26-44(32-42)52(62)64-48(47(55)30-40-28-45(53)33-46(54)29-40)35-56-34-39-16-13-15-38(27-39)17-14-22-63-51(61)43-25-36(5)23-41(31-43)49(59)57(18-9-3)19-10-4/h13,15-16,23-29,31-33,47-48,56H,7-12,18-22,30,34-35,55H2,1-6H3/t47-,48+/m0/s1. The van der Waals surface area contributed by atoms with Gasteiger partial charge in [-0.05, 0) is 129 Å². The summed E-state index contributed by atoms with van der Waals surface area (Å²) in [6, 6.07) is 19.7. The Morgan fingerprint density at radius 2 is 1.22 bits per heavy atom. The number of esters is 2. The topological polar surface area (TPSA) is 131 Å². The molecule has 342 valence electrons. The van der Waals surface area contributed by atoms with E-state index in [-0.39, 0.29) is 42.5 Å². The van der Waals surface area contributed by atoms with E-state index in [1.165, 1.54) is 12.1 Å². The molecule has 64 heavy (non-hydrogen) atoms. The average Bonchev–Trinajstić information content (AvgIpc) is 3.26. The highest BCUT2D eigenvalue weighted by Crippen LogP contribution is 2.19. The van der Waals surface area contributed by atoms with Crippen LogP contribution in [0.4, 0.5) is 8.78 Å². The summed E-state index contributed by atoms with van der Waals surface area (Å²) in [5, 5.41) is 3.30. The summed E-state index contributed by atoms with van der Waals surface area (Å²) in [5.41, 5.74) is 11.3. The second-order valence-electron chi connectivity index (χ2n) is 16.3. The fraction of sp³-hybridized carbons (Fsp3) is 0.423. The number of ether oxygens (including phenoxy) is 2. The van der Waals surface area contributed by atoms with Crippen LogP contribution in [0.25, 0.3) is 0 Å². The number of unbranched alkanes of at least 4 members (excludes halogenated alkanes) is 2. The number of benzene rings is 4. The number of carbonyl (C=O) groups excluding carboxylic acids is 4. The van der Waals surface area contributed by atoms with Gasteiger partial charge >= 0.3 is 11.9 Å². The van der Waals surface area contributed by atoms with Crippen LogP contribution in [-0.2, 0) is 22.4 Å². The van der Waals surface area contributed by atoms with Gasteiger partial charge in [0.1, 0.15) is 17.7 Å². The van der Waals surface area contributed by atoms with Gasteiger partial charge in [0.15, 0.2) is 6.61 Å². The zero-order valence-corrected chi connectivity index (χ0v) is 38.2. The Kier molecular flexibility index (Phi) is 20.6. The van der Waals surface area contributed by atoms with Gasteiger partial charge < -0.3 is 30.3 Å². The van der Waals surface area contributed by atoms with Crippen molar-refractivity contribution in [2.45, 2.75) is 105 Å². The summed E-state index contributed by atoms with van der Waals surface area (Å²) in [6.45, 7) is 14.6. The molecule has 0 aromatic heterocycles. The lowest BCUT2D eigenvalue weighted by Gasteiger charge is -2.25. The Morgan fingerprint density at radius 1 is 0.672 bits per heavy atom. The van der Waals surface area contributed by atoms with Crippen molar-refractivity contribution in [1.82, 2.24) is 15.1 Å². The first kappa shape index (κ1) is 50.7. The van der Waals surface area contributed by atoms with E-state index in [1.807, 2.05) is 56.9 Å². The number of halogens is 2. The number of nitrogens with two attached hydrogens (primary N) is 1. The van der Waals surface area contributed by atoms with Crippen molar-refractivity contribution >= 4 is 23.8 Å². The van der Waals surface area contributed by atoms with Gasteiger partial charge in [-0.1, -0.05) is 64.5 Å². The predicted molar refractivity (Wildman–Crippen MR) is 247 cm³/mol. The van der Waals surface area contributed by atoms with Gasteiger partial charge in [-0.25, -0.2) is 18.4 Å². The molecule has 12 heteroatoms. The van der Waals surface area contributed by atoms with E-state index in [2.05, 4.69) is 31.0 Å². The summed E-state index contributed by atoms with van der Waals surface area (Å²) in [7, 11) is 0. The van der Waals surface area contributed by atoms with E-state index in [9.17, 15) is 28.0 Å². The molecule has 0 aliphatic carbocycles. The number of nitrogens with zero attached hydrogens (tertiary/aromatic N) is 2. The smallest absolute Gasteiger partial charge is 0.339 e. The SMILES string of the molecule is CCCCN(CCCC)C(=O)c1cc(C)cc(C(=O)O[C@H](CNCc2cccc(C#CCOC(=O)c3cc(C)cc(C(=O)N(CCC)CCC)c3)c2)[C@@H](N)Cc2cc(F)cc(F)c2)c1. The van der Waals surface area contributed by atoms with Crippen LogP contribution < -0.4 is 11.1 Å². The average molecular weight is 879 g/mol. The minimum atomic E-state index is -0.934. The van der Waals surface area contributed by atoms with E-state index in [4.69, 9.17) is 15.2 Å². The molecule has 0 spiro atoms. The Balaban J connectivity index is 1.44. The second kappa shape index (κ2) is 26.0. The van der Waals surface area contributed by atoms with Crippen LogP contribution in [0.15, 0.2) is 78.9 Å². The fourth-order valence-corrected chi connectivity index (χ4v) is 7.34.